The summed E-state index contributed by atoms with van der Waals surface area (Å²) in [5, 5.41) is 3.01. The van der Waals surface area contributed by atoms with Crippen LogP contribution >= 0.6 is 0 Å². The third kappa shape index (κ3) is 3.84. The average molecular weight is 407 g/mol. The summed E-state index contributed by atoms with van der Waals surface area (Å²) in [5.74, 6) is 0.682. The van der Waals surface area contributed by atoms with Crippen LogP contribution in [0.15, 0.2) is 29.2 Å². The van der Waals surface area contributed by atoms with E-state index in [1.54, 1.807) is 16.4 Å². The minimum Gasteiger partial charge on any atom is -0.362 e. The van der Waals surface area contributed by atoms with Gasteiger partial charge in [0.25, 0.3) is 0 Å². The summed E-state index contributed by atoms with van der Waals surface area (Å²) in [6.07, 6.45) is 4.17. The Morgan fingerprint density at radius 1 is 1.21 bits per heavy atom. The lowest BCUT2D eigenvalue weighted by Crippen LogP contribution is -2.53. The van der Waals surface area contributed by atoms with E-state index in [1.807, 2.05) is 26.0 Å². The first kappa shape index (κ1) is 19.9. The van der Waals surface area contributed by atoms with Crippen molar-refractivity contribution in [2.75, 3.05) is 19.6 Å². The lowest BCUT2D eigenvalue weighted by Gasteiger charge is -2.43. The van der Waals surface area contributed by atoms with E-state index in [-0.39, 0.29) is 17.4 Å². The number of carbonyl (C=O) groups is 1. The van der Waals surface area contributed by atoms with Crippen molar-refractivity contribution in [3.63, 3.8) is 0 Å². The number of ether oxygens (including phenoxy) is 1. The fraction of sp³-hybridized carbons (Fsp3) is 0.667. The van der Waals surface area contributed by atoms with Crippen molar-refractivity contribution in [3.8, 4) is 0 Å². The van der Waals surface area contributed by atoms with Gasteiger partial charge in [-0.05, 0) is 63.0 Å². The Labute approximate surface area is 167 Å². The second kappa shape index (κ2) is 7.43. The first-order valence-corrected chi connectivity index (χ1v) is 11.8. The van der Waals surface area contributed by atoms with Gasteiger partial charge in [-0.3, -0.25) is 4.79 Å². The number of nitrogens with one attached hydrogen (secondary N) is 1. The van der Waals surface area contributed by atoms with Crippen molar-refractivity contribution in [3.05, 3.63) is 29.8 Å². The standard InChI is InChI=1S/C21H30N2O4S/c1-15-3-7-18(8-4-15)28(25,26)23-12-11-21(16(2)14-23)10-9-19(27-21)20(24)22-13-17-5-6-17/h3-4,7-8,16-17,19H,5-6,9-14H2,1-2H3,(H,22,24). The van der Waals surface area contributed by atoms with E-state index in [0.717, 1.165) is 18.5 Å². The summed E-state index contributed by atoms with van der Waals surface area (Å²) in [6.45, 7) is 5.59. The molecule has 28 heavy (non-hydrogen) atoms. The van der Waals surface area contributed by atoms with Crippen LogP contribution in [0.3, 0.4) is 0 Å². The number of benzene rings is 1. The Balaban J connectivity index is 1.39. The third-order valence-corrected chi connectivity index (χ3v) is 8.46. The molecule has 3 aliphatic rings. The van der Waals surface area contributed by atoms with Gasteiger partial charge in [-0.25, -0.2) is 8.42 Å². The Morgan fingerprint density at radius 2 is 1.93 bits per heavy atom. The number of hydrogen-bond acceptors (Lipinski definition) is 4. The molecule has 4 rings (SSSR count). The van der Waals surface area contributed by atoms with Gasteiger partial charge in [-0.1, -0.05) is 24.6 Å². The maximum atomic E-state index is 13.0. The van der Waals surface area contributed by atoms with Crippen molar-refractivity contribution in [1.82, 2.24) is 9.62 Å². The Bertz CT molecular complexity index is 834. The van der Waals surface area contributed by atoms with Gasteiger partial charge >= 0.3 is 0 Å². The molecule has 3 fully saturated rings. The SMILES string of the molecule is Cc1ccc(S(=O)(=O)N2CCC3(CCC(C(=O)NCC4CC4)O3)C(C)C2)cc1. The van der Waals surface area contributed by atoms with Crippen LogP contribution < -0.4 is 5.32 Å². The molecule has 3 atom stereocenters. The number of hydrogen-bond donors (Lipinski definition) is 1. The maximum Gasteiger partial charge on any atom is 0.249 e. The van der Waals surface area contributed by atoms with E-state index >= 15 is 0 Å². The summed E-state index contributed by atoms with van der Waals surface area (Å²) in [7, 11) is -3.50. The minimum atomic E-state index is -3.50. The second-order valence-corrected chi connectivity index (χ2v) is 10.7. The molecule has 1 aliphatic carbocycles. The molecule has 1 aromatic rings. The van der Waals surface area contributed by atoms with E-state index in [0.29, 0.717) is 36.7 Å². The molecule has 1 spiro atoms. The zero-order valence-electron chi connectivity index (χ0n) is 16.7. The molecule has 2 saturated heterocycles. The van der Waals surface area contributed by atoms with Gasteiger partial charge in [-0.15, -0.1) is 0 Å². The number of rotatable bonds is 5. The predicted molar refractivity (Wildman–Crippen MR) is 106 cm³/mol. The molecule has 1 N–H and O–H groups in total. The van der Waals surface area contributed by atoms with Gasteiger partial charge in [0.15, 0.2) is 0 Å². The van der Waals surface area contributed by atoms with Crippen LogP contribution in [0, 0.1) is 18.8 Å². The quantitative estimate of drug-likeness (QED) is 0.815. The van der Waals surface area contributed by atoms with E-state index in [1.165, 1.54) is 12.8 Å². The summed E-state index contributed by atoms with van der Waals surface area (Å²) < 4.78 is 33.8. The predicted octanol–water partition coefficient (Wildman–Crippen LogP) is 2.47. The Morgan fingerprint density at radius 3 is 2.57 bits per heavy atom. The zero-order chi connectivity index (χ0) is 19.9. The highest BCUT2D eigenvalue weighted by atomic mass is 32.2. The van der Waals surface area contributed by atoms with E-state index < -0.39 is 16.1 Å². The number of piperidine rings is 1. The third-order valence-electron chi connectivity index (χ3n) is 6.58. The summed E-state index contributed by atoms with van der Waals surface area (Å²) in [5.41, 5.74) is 0.649. The largest absolute Gasteiger partial charge is 0.362 e. The summed E-state index contributed by atoms with van der Waals surface area (Å²) in [6, 6.07) is 7.00. The van der Waals surface area contributed by atoms with Crippen LogP contribution in [0.1, 0.15) is 44.6 Å². The first-order chi connectivity index (χ1) is 13.3. The molecule has 1 amide bonds. The molecule has 2 heterocycles. The zero-order valence-corrected chi connectivity index (χ0v) is 17.5. The molecule has 7 heteroatoms. The fourth-order valence-corrected chi connectivity index (χ4v) is 5.92. The van der Waals surface area contributed by atoms with Crippen molar-refractivity contribution < 1.29 is 17.9 Å². The van der Waals surface area contributed by atoms with Crippen LogP contribution in [0.2, 0.25) is 0 Å². The van der Waals surface area contributed by atoms with Crippen LogP contribution in [0.25, 0.3) is 0 Å². The number of amides is 1. The number of sulfonamides is 1. The highest BCUT2D eigenvalue weighted by Gasteiger charge is 2.50. The van der Waals surface area contributed by atoms with Crippen molar-refractivity contribution in [1.29, 1.82) is 0 Å². The molecule has 3 unspecified atom stereocenters. The van der Waals surface area contributed by atoms with E-state index in [4.69, 9.17) is 4.74 Å². The van der Waals surface area contributed by atoms with Gasteiger partial charge < -0.3 is 10.1 Å². The molecule has 154 valence electrons. The van der Waals surface area contributed by atoms with E-state index in [2.05, 4.69) is 5.32 Å². The summed E-state index contributed by atoms with van der Waals surface area (Å²) >= 11 is 0. The van der Waals surface area contributed by atoms with E-state index in [9.17, 15) is 13.2 Å². The average Bonchev–Trinajstić information content (AvgIpc) is 3.41. The Hall–Kier alpha value is -1.44. The van der Waals surface area contributed by atoms with Crippen LogP contribution in [-0.4, -0.2) is 50.0 Å². The smallest absolute Gasteiger partial charge is 0.249 e. The van der Waals surface area contributed by atoms with Gasteiger partial charge in [0, 0.05) is 19.6 Å². The maximum absolute atomic E-state index is 13.0. The van der Waals surface area contributed by atoms with Crippen LogP contribution in [0.5, 0.6) is 0 Å². The van der Waals surface area contributed by atoms with Gasteiger partial charge in [0.1, 0.15) is 6.10 Å². The molecule has 0 aromatic heterocycles. The van der Waals surface area contributed by atoms with Crippen molar-refractivity contribution >= 4 is 15.9 Å². The highest BCUT2D eigenvalue weighted by molar-refractivity contribution is 7.89. The minimum absolute atomic E-state index is 0.00863. The highest BCUT2D eigenvalue weighted by Crippen LogP contribution is 2.43. The monoisotopic (exact) mass is 406 g/mol. The Kier molecular flexibility index (Phi) is 5.27. The summed E-state index contributed by atoms with van der Waals surface area (Å²) in [4.78, 5) is 12.7. The number of aryl methyl sites for hydroxylation is 1. The molecule has 1 saturated carbocycles. The van der Waals surface area contributed by atoms with Crippen LogP contribution in [0.4, 0.5) is 0 Å². The fourth-order valence-electron chi connectivity index (χ4n) is 4.39. The van der Waals surface area contributed by atoms with Crippen molar-refractivity contribution in [2.45, 2.75) is 62.6 Å². The molecule has 1 aromatic carbocycles. The molecular formula is C21H30N2O4S. The molecule has 6 nitrogen and oxygen atoms in total. The lowest BCUT2D eigenvalue weighted by molar-refractivity contribution is -0.145. The van der Waals surface area contributed by atoms with Gasteiger partial charge in [0.05, 0.1) is 10.5 Å². The van der Waals surface area contributed by atoms with Crippen molar-refractivity contribution in [2.24, 2.45) is 11.8 Å². The second-order valence-electron chi connectivity index (χ2n) is 8.73. The molecule has 0 radical (unpaired) electrons. The number of nitrogens with zero attached hydrogens (tertiary/aromatic N) is 1. The normalized spacial score (nSPS) is 31.2. The number of carbonyl (C=O) groups excluding carboxylic acids is 1. The van der Waals surface area contributed by atoms with Gasteiger partial charge in [-0.2, -0.15) is 4.31 Å². The molecule has 2 aliphatic heterocycles. The van der Waals surface area contributed by atoms with Gasteiger partial charge in [0.2, 0.25) is 15.9 Å². The topological polar surface area (TPSA) is 75.7 Å². The lowest BCUT2D eigenvalue weighted by atomic mass is 9.81. The first-order valence-electron chi connectivity index (χ1n) is 10.3. The molecular weight excluding hydrogens is 376 g/mol. The molecule has 0 bridgehead atoms. The van der Waals surface area contributed by atoms with Crippen LogP contribution in [-0.2, 0) is 19.6 Å².